The summed E-state index contributed by atoms with van der Waals surface area (Å²) < 4.78 is 4.81. The number of hydrogen-bond donors (Lipinski definition) is 0. The predicted octanol–water partition coefficient (Wildman–Crippen LogP) is 2.49. The van der Waals surface area contributed by atoms with Gasteiger partial charge >= 0.3 is 5.97 Å². The molecule has 5 heteroatoms. The third-order valence-corrected chi connectivity index (χ3v) is 2.52. The van der Waals surface area contributed by atoms with Crippen LogP contribution in [0.4, 0.5) is 0 Å². The molecule has 0 spiro atoms. The summed E-state index contributed by atoms with van der Waals surface area (Å²) in [5.74, 6) is -0.882. The number of aldehydes is 1. The second kappa shape index (κ2) is 6.31. The van der Waals surface area contributed by atoms with Crippen molar-refractivity contribution in [1.29, 1.82) is 0 Å². The minimum atomic E-state index is -0.682. The molecule has 4 nitrogen and oxygen atoms in total. The molecule has 0 fully saturated rings. The van der Waals surface area contributed by atoms with E-state index < -0.39 is 11.3 Å². The molecule has 1 aromatic carbocycles. The Morgan fingerprint density at radius 2 is 2.11 bits per heavy atom. The fourth-order valence-corrected chi connectivity index (χ4v) is 1.56. The Balaban J connectivity index is 3.15. The number of carbonyl (C=O) groups is 3. The molecule has 0 aliphatic carbocycles. The first kappa shape index (κ1) is 14.4. The third-order valence-electron chi connectivity index (χ3n) is 2.32. The molecule has 0 heterocycles. The quantitative estimate of drug-likeness (QED) is 0.356. The van der Waals surface area contributed by atoms with Crippen molar-refractivity contribution in [2.75, 3.05) is 6.61 Å². The molecular formula is C13H13ClO4. The average Bonchev–Trinajstić information content (AvgIpc) is 2.37. The van der Waals surface area contributed by atoms with Crippen LogP contribution >= 0.6 is 11.6 Å². The summed E-state index contributed by atoms with van der Waals surface area (Å²) >= 11 is 5.68. The molecule has 1 unspecified atom stereocenters. The summed E-state index contributed by atoms with van der Waals surface area (Å²) in [5, 5.41) is -0.682. The van der Waals surface area contributed by atoms with Crippen LogP contribution in [0.15, 0.2) is 18.2 Å². The van der Waals surface area contributed by atoms with E-state index >= 15 is 0 Å². The lowest BCUT2D eigenvalue weighted by molar-refractivity contribution is 0.0524. The van der Waals surface area contributed by atoms with Crippen molar-refractivity contribution >= 4 is 29.6 Å². The second-order valence-corrected chi connectivity index (χ2v) is 4.28. The van der Waals surface area contributed by atoms with E-state index in [0.29, 0.717) is 11.8 Å². The minimum absolute atomic E-state index is 0.122. The molecule has 1 atom stereocenters. The SMILES string of the molecule is CCOC(=O)c1ccc(C(=O)C(C)Cl)cc1C=O. The Morgan fingerprint density at radius 3 is 2.61 bits per heavy atom. The van der Waals surface area contributed by atoms with Gasteiger partial charge in [-0.05, 0) is 26.0 Å². The molecule has 0 aromatic heterocycles. The average molecular weight is 269 g/mol. The summed E-state index contributed by atoms with van der Waals surface area (Å²) in [6.07, 6.45) is 0.516. The van der Waals surface area contributed by atoms with Crippen LogP contribution in [0, 0.1) is 0 Å². The highest BCUT2D eigenvalue weighted by atomic mass is 35.5. The summed E-state index contributed by atoms with van der Waals surface area (Å²) in [4.78, 5) is 34.1. The van der Waals surface area contributed by atoms with Crippen molar-refractivity contribution in [3.63, 3.8) is 0 Å². The fourth-order valence-electron chi connectivity index (χ4n) is 1.44. The van der Waals surface area contributed by atoms with E-state index in [2.05, 4.69) is 0 Å². The lowest BCUT2D eigenvalue weighted by Crippen LogP contribution is -2.13. The number of rotatable bonds is 5. The number of ether oxygens (including phenoxy) is 1. The van der Waals surface area contributed by atoms with Gasteiger partial charge in [0.1, 0.15) is 0 Å². The highest BCUT2D eigenvalue weighted by Crippen LogP contribution is 2.15. The molecule has 18 heavy (non-hydrogen) atoms. The van der Waals surface area contributed by atoms with Gasteiger partial charge in [-0.2, -0.15) is 0 Å². The molecule has 0 saturated heterocycles. The molecular weight excluding hydrogens is 256 g/mol. The van der Waals surface area contributed by atoms with Crippen LogP contribution in [-0.2, 0) is 4.74 Å². The van der Waals surface area contributed by atoms with Crippen molar-refractivity contribution in [2.45, 2.75) is 19.2 Å². The van der Waals surface area contributed by atoms with E-state index in [9.17, 15) is 14.4 Å². The highest BCUT2D eigenvalue weighted by Gasteiger charge is 2.17. The number of alkyl halides is 1. The normalized spacial score (nSPS) is 11.7. The molecule has 1 aromatic rings. The van der Waals surface area contributed by atoms with Gasteiger partial charge in [-0.15, -0.1) is 11.6 Å². The molecule has 0 bridgehead atoms. The van der Waals surface area contributed by atoms with Gasteiger partial charge in [0.2, 0.25) is 0 Å². The molecule has 0 aliphatic heterocycles. The molecule has 0 radical (unpaired) electrons. The van der Waals surface area contributed by atoms with Crippen LogP contribution < -0.4 is 0 Å². The van der Waals surface area contributed by atoms with E-state index in [1.165, 1.54) is 18.2 Å². The van der Waals surface area contributed by atoms with Gasteiger partial charge in [-0.1, -0.05) is 6.07 Å². The first-order valence-corrected chi connectivity index (χ1v) is 5.89. The van der Waals surface area contributed by atoms with Crippen molar-refractivity contribution in [3.8, 4) is 0 Å². The van der Waals surface area contributed by atoms with E-state index in [1.54, 1.807) is 13.8 Å². The first-order chi connectivity index (χ1) is 8.51. The standard InChI is InChI=1S/C13H13ClO4/c1-3-18-13(17)11-5-4-9(6-10(11)7-15)12(16)8(2)14/h4-8H,3H2,1-2H3. The largest absolute Gasteiger partial charge is 0.462 e. The monoisotopic (exact) mass is 268 g/mol. The van der Waals surface area contributed by atoms with Crippen LogP contribution in [-0.4, -0.2) is 30.0 Å². The summed E-state index contributed by atoms with van der Waals surface area (Å²) in [5.41, 5.74) is 0.565. The van der Waals surface area contributed by atoms with Crippen LogP contribution in [0.3, 0.4) is 0 Å². The molecule has 1 rings (SSSR count). The summed E-state index contributed by atoms with van der Waals surface area (Å²) in [6, 6.07) is 4.20. The second-order valence-electron chi connectivity index (χ2n) is 3.62. The van der Waals surface area contributed by atoms with E-state index in [0.717, 1.165) is 0 Å². The van der Waals surface area contributed by atoms with Crippen molar-refractivity contribution in [1.82, 2.24) is 0 Å². The number of carbonyl (C=O) groups excluding carboxylic acids is 3. The van der Waals surface area contributed by atoms with Crippen LogP contribution in [0.2, 0.25) is 0 Å². The van der Waals surface area contributed by atoms with Gasteiger partial charge in [0.05, 0.1) is 17.5 Å². The maximum Gasteiger partial charge on any atom is 0.338 e. The highest BCUT2D eigenvalue weighted by molar-refractivity contribution is 6.33. The maximum absolute atomic E-state index is 11.7. The topological polar surface area (TPSA) is 60.4 Å². The fraction of sp³-hybridized carbons (Fsp3) is 0.308. The number of esters is 1. The maximum atomic E-state index is 11.7. The zero-order chi connectivity index (χ0) is 13.7. The van der Waals surface area contributed by atoms with Crippen molar-refractivity contribution in [3.05, 3.63) is 34.9 Å². The van der Waals surface area contributed by atoms with Crippen molar-refractivity contribution < 1.29 is 19.1 Å². The van der Waals surface area contributed by atoms with E-state index in [4.69, 9.17) is 16.3 Å². The molecule has 0 aliphatic rings. The molecule has 0 saturated carbocycles. The first-order valence-electron chi connectivity index (χ1n) is 5.45. The number of benzene rings is 1. The molecule has 96 valence electrons. The third kappa shape index (κ3) is 3.17. The zero-order valence-electron chi connectivity index (χ0n) is 10.1. The number of halogens is 1. The molecule has 0 N–H and O–H groups in total. The van der Waals surface area contributed by atoms with E-state index in [-0.39, 0.29) is 23.5 Å². The zero-order valence-corrected chi connectivity index (χ0v) is 10.9. The Kier molecular flexibility index (Phi) is 5.04. The smallest absolute Gasteiger partial charge is 0.338 e. The lowest BCUT2D eigenvalue weighted by Gasteiger charge is -2.07. The number of Topliss-reactive ketones (excluding diaryl/α,β-unsaturated/α-hetero) is 1. The Morgan fingerprint density at radius 1 is 1.44 bits per heavy atom. The van der Waals surface area contributed by atoms with Gasteiger partial charge in [0.25, 0.3) is 0 Å². The van der Waals surface area contributed by atoms with Gasteiger partial charge in [-0.3, -0.25) is 9.59 Å². The number of ketones is 1. The van der Waals surface area contributed by atoms with E-state index in [1.807, 2.05) is 0 Å². The van der Waals surface area contributed by atoms with Gasteiger partial charge in [0.15, 0.2) is 12.1 Å². The van der Waals surface area contributed by atoms with Crippen LogP contribution in [0.1, 0.15) is 44.9 Å². The van der Waals surface area contributed by atoms with Gasteiger partial charge < -0.3 is 4.74 Å². The summed E-state index contributed by atoms with van der Waals surface area (Å²) in [7, 11) is 0. The van der Waals surface area contributed by atoms with Crippen LogP contribution in [0.25, 0.3) is 0 Å². The van der Waals surface area contributed by atoms with Crippen molar-refractivity contribution in [2.24, 2.45) is 0 Å². The predicted molar refractivity (Wildman–Crippen MR) is 67.4 cm³/mol. The summed E-state index contributed by atoms with van der Waals surface area (Å²) in [6.45, 7) is 3.44. The molecule has 0 amide bonds. The Labute approximate surface area is 110 Å². The minimum Gasteiger partial charge on any atom is -0.462 e. The lowest BCUT2D eigenvalue weighted by atomic mass is 10.0. The van der Waals surface area contributed by atoms with Crippen LogP contribution in [0.5, 0.6) is 0 Å². The Bertz CT molecular complexity index is 480. The Hall–Kier alpha value is -1.68. The number of hydrogen-bond acceptors (Lipinski definition) is 4. The van der Waals surface area contributed by atoms with Gasteiger partial charge in [0, 0.05) is 11.1 Å². The van der Waals surface area contributed by atoms with Gasteiger partial charge in [-0.25, -0.2) is 4.79 Å².